The number of aryl methyl sites for hydroxylation is 4. The van der Waals surface area contributed by atoms with Gasteiger partial charge in [-0.1, -0.05) is 34.7 Å². The number of amides is 1. The van der Waals surface area contributed by atoms with Crippen molar-refractivity contribution >= 4 is 38.3 Å². The molecule has 1 amide bonds. The molecule has 2 aromatic heterocycles. The fourth-order valence-electron chi connectivity index (χ4n) is 3.60. The number of para-hydroxylation sites is 1. The normalized spacial score (nSPS) is 11.2. The second-order valence-electron chi connectivity index (χ2n) is 7.34. The molecular weight excluding hydrogens is 382 g/mol. The lowest BCUT2D eigenvalue weighted by Gasteiger charge is -2.21. The Balaban J connectivity index is 1.72. The quantitative estimate of drug-likeness (QED) is 0.420. The highest BCUT2D eigenvalue weighted by Gasteiger charge is 2.23. The first kappa shape index (κ1) is 19.3. The number of carbonyl (C=O) groups excluding carboxylic acids is 1. The molecule has 0 unspecified atom stereocenters. The van der Waals surface area contributed by atoms with Crippen LogP contribution in [0.1, 0.15) is 34.6 Å². The molecule has 4 rings (SSSR count). The zero-order valence-electron chi connectivity index (χ0n) is 17.0. The van der Waals surface area contributed by atoms with Crippen molar-refractivity contribution in [1.82, 2.24) is 10.1 Å². The fourth-order valence-corrected chi connectivity index (χ4v) is 4.60. The number of fused-ring (bicyclic) bond motifs is 1. The second kappa shape index (κ2) is 7.79. The Labute approximate surface area is 174 Å². The molecule has 6 heteroatoms. The Morgan fingerprint density at radius 3 is 2.45 bits per heavy atom. The second-order valence-corrected chi connectivity index (χ2v) is 8.35. The van der Waals surface area contributed by atoms with Crippen LogP contribution in [0, 0.1) is 27.7 Å². The number of nitrogens with zero attached hydrogens (tertiary/aromatic N) is 3. The average molecular weight is 406 g/mol. The lowest BCUT2D eigenvalue weighted by Crippen LogP contribution is -2.26. The first-order chi connectivity index (χ1) is 13.9. The van der Waals surface area contributed by atoms with Gasteiger partial charge < -0.3 is 4.52 Å². The molecule has 0 saturated carbocycles. The number of hydrogen-bond donors (Lipinski definition) is 0. The van der Waals surface area contributed by atoms with E-state index in [-0.39, 0.29) is 5.91 Å². The number of aromatic nitrogens is 2. The Bertz CT molecular complexity index is 1120. The Morgan fingerprint density at radius 2 is 1.79 bits per heavy atom. The summed E-state index contributed by atoms with van der Waals surface area (Å²) >= 11 is 1.53. The maximum absolute atomic E-state index is 13.4. The van der Waals surface area contributed by atoms with E-state index < -0.39 is 0 Å². The van der Waals surface area contributed by atoms with Crippen molar-refractivity contribution in [2.45, 2.75) is 40.5 Å². The molecular formula is C23H23N3O2S. The molecule has 0 aliphatic rings. The van der Waals surface area contributed by atoms with Crippen LogP contribution in [0.2, 0.25) is 0 Å². The SMILES string of the molecule is Cc1cc(C)cc(N(C(=O)CCc2c(C)noc2C)c2nc3ccccc3s2)c1. The summed E-state index contributed by atoms with van der Waals surface area (Å²) in [5, 5.41) is 4.69. The summed E-state index contributed by atoms with van der Waals surface area (Å²) in [5.74, 6) is 0.780. The highest BCUT2D eigenvalue weighted by Crippen LogP contribution is 2.35. The molecule has 0 aliphatic heterocycles. The lowest BCUT2D eigenvalue weighted by atomic mass is 10.1. The van der Waals surface area contributed by atoms with Gasteiger partial charge in [-0.3, -0.25) is 9.69 Å². The minimum Gasteiger partial charge on any atom is -0.361 e. The lowest BCUT2D eigenvalue weighted by molar-refractivity contribution is -0.117. The molecule has 148 valence electrons. The number of anilines is 2. The molecule has 2 heterocycles. The van der Waals surface area contributed by atoms with E-state index in [1.165, 1.54) is 11.3 Å². The van der Waals surface area contributed by atoms with Gasteiger partial charge in [-0.25, -0.2) is 4.98 Å². The largest absolute Gasteiger partial charge is 0.361 e. The molecule has 0 bridgehead atoms. The van der Waals surface area contributed by atoms with Gasteiger partial charge in [0, 0.05) is 12.0 Å². The summed E-state index contributed by atoms with van der Waals surface area (Å²) in [4.78, 5) is 19.9. The van der Waals surface area contributed by atoms with E-state index in [4.69, 9.17) is 9.51 Å². The van der Waals surface area contributed by atoms with Crippen LogP contribution in [0.15, 0.2) is 47.0 Å². The number of rotatable bonds is 5. The highest BCUT2D eigenvalue weighted by molar-refractivity contribution is 7.22. The van der Waals surface area contributed by atoms with Crippen LogP contribution in [0.3, 0.4) is 0 Å². The summed E-state index contributed by atoms with van der Waals surface area (Å²) < 4.78 is 6.31. The molecule has 5 nitrogen and oxygen atoms in total. The van der Waals surface area contributed by atoms with E-state index in [1.807, 2.05) is 64.1 Å². The van der Waals surface area contributed by atoms with Gasteiger partial charge in [-0.15, -0.1) is 0 Å². The monoisotopic (exact) mass is 405 g/mol. The van der Waals surface area contributed by atoms with E-state index in [1.54, 1.807) is 4.90 Å². The summed E-state index contributed by atoms with van der Waals surface area (Å²) in [7, 11) is 0. The molecule has 0 spiro atoms. The average Bonchev–Trinajstić information content (AvgIpc) is 3.22. The molecule has 0 radical (unpaired) electrons. The third-order valence-electron chi connectivity index (χ3n) is 4.96. The van der Waals surface area contributed by atoms with Gasteiger partial charge in [0.05, 0.1) is 21.6 Å². The van der Waals surface area contributed by atoms with Crippen LogP contribution in [-0.2, 0) is 11.2 Å². The molecule has 0 atom stereocenters. The topological polar surface area (TPSA) is 59.2 Å². The fraction of sp³-hybridized carbons (Fsp3) is 0.261. The van der Waals surface area contributed by atoms with Crippen molar-refractivity contribution in [2.75, 3.05) is 4.90 Å². The Hall–Kier alpha value is -2.99. The maximum Gasteiger partial charge on any atom is 0.233 e. The zero-order valence-corrected chi connectivity index (χ0v) is 17.8. The first-order valence-corrected chi connectivity index (χ1v) is 10.4. The molecule has 2 aromatic carbocycles. The van der Waals surface area contributed by atoms with Crippen molar-refractivity contribution in [3.8, 4) is 0 Å². The zero-order chi connectivity index (χ0) is 20.5. The molecule has 0 N–H and O–H groups in total. The van der Waals surface area contributed by atoms with Crippen molar-refractivity contribution in [3.63, 3.8) is 0 Å². The summed E-state index contributed by atoms with van der Waals surface area (Å²) in [6, 6.07) is 14.1. The Morgan fingerprint density at radius 1 is 1.07 bits per heavy atom. The van der Waals surface area contributed by atoms with Crippen molar-refractivity contribution in [3.05, 3.63) is 70.6 Å². The van der Waals surface area contributed by atoms with E-state index >= 15 is 0 Å². The van der Waals surface area contributed by atoms with Gasteiger partial charge in [-0.2, -0.15) is 0 Å². The van der Waals surface area contributed by atoms with Gasteiger partial charge in [0.15, 0.2) is 5.13 Å². The minimum atomic E-state index is 0.00839. The first-order valence-electron chi connectivity index (χ1n) is 9.61. The van der Waals surface area contributed by atoms with Gasteiger partial charge in [-0.05, 0) is 69.5 Å². The number of hydrogen-bond acceptors (Lipinski definition) is 5. The van der Waals surface area contributed by atoms with Crippen molar-refractivity contribution in [1.29, 1.82) is 0 Å². The molecule has 4 aromatic rings. The van der Waals surface area contributed by atoms with Gasteiger partial charge in [0.1, 0.15) is 5.76 Å². The number of carbonyl (C=O) groups is 1. The van der Waals surface area contributed by atoms with Crippen molar-refractivity contribution < 1.29 is 9.32 Å². The van der Waals surface area contributed by atoms with Crippen LogP contribution in [0.25, 0.3) is 10.2 Å². The van der Waals surface area contributed by atoms with Gasteiger partial charge in [0.2, 0.25) is 5.91 Å². The van der Waals surface area contributed by atoms with Crippen LogP contribution < -0.4 is 4.90 Å². The van der Waals surface area contributed by atoms with Crippen LogP contribution in [0.5, 0.6) is 0 Å². The Kier molecular flexibility index (Phi) is 5.20. The van der Waals surface area contributed by atoms with E-state index in [0.29, 0.717) is 18.0 Å². The molecule has 0 saturated heterocycles. The maximum atomic E-state index is 13.4. The standard InChI is InChI=1S/C23H23N3O2S/c1-14-11-15(2)13-18(12-14)26(23-24-20-7-5-6-8-21(20)29-23)22(27)10-9-19-16(3)25-28-17(19)4/h5-8,11-13H,9-10H2,1-4H3. The predicted octanol–water partition coefficient (Wildman–Crippen LogP) is 5.82. The van der Waals surface area contributed by atoms with Crippen LogP contribution >= 0.6 is 11.3 Å². The van der Waals surface area contributed by atoms with E-state index in [0.717, 1.165) is 44.0 Å². The van der Waals surface area contributed by atoms with E-state index in [2.05, 4.69) is 11.2 Å². The minimum absolute atomic E-state index is 0.00839. The number of thiazole rings is 1. The number of benzene rings is 2. The summed E-state index contributed by atoms with van der Waals surface area (Å²) in [6.45, 7) is 7.88. The van der Waals surface area contributed by atoms with Crippen LogP contribution in [0.4, 0.5) is 10.8 Å². The third kappa shape index (κ3) is 3.93. The third-order valence-corrected chi connectivity index (χ3v) is 5.98. The summed E-state index contributed by atoms with van der Waals surface area (Å²) in [6.07, 6.45) is 0.942. The predicted molar refractivity (Wildman–Crippen MR) is 117 cm³/mol. The van der Waals surface area contributed by atoms with E-state index in [9.17, 15) is 4.79 Å². The highest BCUT2D eigenvalue weighted by atomic mass is 32.1. The van der Waals surface area contributed by atoms with Gasteiger partial charge >= 0.3 is 0 Å². The molecule has 0 fully saturated rings. The van der Waals surface area contributed by atoms with Crippen LogP contribution in [-0.4, -0.2) is 16.0 Å². The van der Waals surface area contributed by atoms with Crippen molar-refractivity contribution in [2.24, 2.45) is 0 Å². The molecule has 29 heavy (non-hydrogen) atoms. The summed E-state index contributed by atoms with van der Waals surface area (Å²) in [5.41, 5.74) is 5.83. The smallest absolute Gasteiger partial charge is 0.233 e. The molecule has 0 aliphatic carbocycles. The van der Waals surface area contributed by atoms with Gasteiger partial charge in [0.25, 0.3) is 0 Å².